The summed E-state index contributed by atoms with van der Waals surface area (Å²) >= 11 is 0. The lowest BCUT2D eigenvalue weighted by molar-refractivity contribution is 0.102. The van der Waals surface area contributed by atoms with E-state index in [0.717, 1.165) is 16.8 Å². The van der Waals surface area contributed by atoms with Gasteiger partial charge >= 0.3 is 0 Å². The average Bonchev–Trinajstić information content (AvgIpc) is 3.40. The van der Waals surface area contributed by atoms with Crippen molar-refractivity contribution in [2.24, 2.45) is 7.05 Å². The Morgan fingerprint density at radius 3 is 2.41 bits per heavy atom. The minimum atomic E-state index is -0.302. The molecule has 8 nitrogen and oxygen atoms in total. The van der Waals surface area contributed by atoms with E-state index >= 15 is 0 Å². The molecule has 8 heteroatoms. The number of pyridine rings is 1. The van der Waals surface area contributed by atoms with Crippen LogP contribution in [0.5, 0.6) is 0 Å². The Bertz CT molecular complexity index is 1300. The van der Waals surface area contributed by atoms with E-state index in [4.69, 9.17) is 14.5 Å². The third-order valence-corrected chi connectivity index (χ3v) is 5.34. The zero-order valence-corrected chi connectivity index (χ0v) is 19.9. The van der Waals surface area contributed by atoms with E-state index < -0.39 is 0 Å². The van der Waals surface area contributed by atoms with Gasteiger partial charge in [-0.15, -0.1) is 0 Å². The molecule has 4 aromatic heterocycles. The molecule has 168 valence electrons. The molecule has 32 heavy (non-hydrogen) atoms. The number of furan rings is 1. The molecule has 0 spiro atoms. The van der Waals surface area contributed by atoms with Gasteiger partial charge in [0.2, 0.25) is 0 Å². The Morgan fingerprint density at radius 2 is 1.81 bits per heavy atom. The first-order valence-corrected chi connectivity index (χ1v) is 10.7. The van der Waals surface area contributed by atoms with Crippen LogP contribution in [-0.4, -0.2) is 30.5 Å². The highest BCUT2D eigenvalue weighted by Gasteiger charge is 2.27. The molecule has 1 amide bonds. The molecule has 4 heterocycles. The summed E-state index contributed by atoms with van der Waals surface area (Å²) in [7, 11) is 1.82. The number of aryl methyl sites for hydroxylation is 2. The highest BCUT2D eigenvalue weighted by atomic mass is 16.3. The molecule has 0 atom stereocenters. The second kappa shape index (κ2) is 7.32. The molecule has 0 saturated carbocycles. The average molecular weight is 435 g/mol. The molecule has 0 aliphatic rings. The van der Waals surface area contributed by atoms with Gasteiger partial charge in [-0.05, 0) is 45.9 Å². The van der Waals surface area contributed by atoms with Crippen molar-refractivity contribution < 1.29 is 9.21 Å². The van der Waals surface area contributed by atoms with E-state index in [0.29, 0.717) is 28.5 Å². The largest absolute Gasteiger partial charge is 0.463 e. The van der Waals surface area contributed by atoms with Crippen LogP contribution >= 0.6 is 0 Å². The van der Waals surface area contributed by atoms with Crippen LogP contribution in [0.25, 0.3) is 22.5 Å². The van der Waals surface area contributed by atoms with Crippen LogP contribution in [0.2, 0.25) is 0 Å². The Hall–Kier alpha value is -3.42. The number of carbonyl (C=O) groups is 1. The molecule has 0 radical (unpaired) electrons. The normalized spacial score (nSPS) is 12.5. The Labute approximate surface area is 187 Å². The Kier molecular flexibility index (Phi) is 4.99. The van der Waals surface area contributed by atoms with Gasteiger partial charge in [-0.25, -0.2) is 9.67 Å². The molecule has 0 aromatic carbocycles. The van der Waals surface area contributed by atoms with Gasteiger partial charge in [0.25, 0.3) is 5.91 Å². The number of nitrogens with one attached hydrogen (secondary N) is 1. The lowest BCUT2D eigenvalue weighted by Gasteiger charge is -2.23. The first-order valence-electron chi connectivity index (χ1n) is 10.7. The van der Waals surface area contributed by atoms with Crippen molar-refractivity contribution in [3.63, 3.8) is 0 Å². The molecule has 0 unspecified atom stereocenters. The molecule has 1 N–H and O–H groups in total. The highest BCUT2D eigenvalue weighted by Crippen LogP contribution is 2.31. The summed E-state index contributed by atoms with van der Waals surface area (Å²) in [5.74, 6) is 1.00. The summed E-state index contributed by atoms with van der Waals surface area (Å²) in [6.45, 7) is 14.4. The van der Waals surface area contributed by atoms with Gasteiger partial charge in [0.1, 0.15) is 11.5 Å². The summed E-state index contributed by atoms with van der Waals surface area (Å²) < 4.78 is 9.09. The first kappa shape index (κ1) is 21.8. The first-order chi connectivity index (χ1) is 14.9. The number of anilines is 1. The third-order valence-electron chi connectivity index (χ3n) is 5.34. The van der Waals surface area contributed by atoms with Crippen LogP contribution in [-0.2, 0) is 18.0 Å². The predicted octanol–water partition coefficient (Wildman–Crippen LogP) is 5.04. The Balaban J connectivity index is 1.84. The molecule has 0 aliphatic carbocycles. The molecule has 0 fully saturated rings. The molecule has 4 rings (SSSR count). The van der Waals surface area contributed by atoms with Gasteiger partial charge in [-0.1, -0.05) is 20.8 Å². The van der Waals surface area contributed by atoms with Gasteiger partial charge in [-0.2, -0.15) is 10.2 Å². The van der Waals surface area contributed by atoms with Crippen LogP contribution in [0, 0.1) is 6.92 Å². The zero-order valence-electron chi connectivity index (χ0n) is 19.9. The van der Waals surface area contributed by atoms with Gasteiger partial charge in [-0.3, -0.25) is 9.48 Å². The molecular formula is C24H30N6O2. The molecule has 0 saturated heterocycles. The van der Waals surface area contributed by atoms with Crippen LogP contribution in [0.3, 0.4) is 0 Å². The van der Waals surface area contributed by atoms with Crippen LogP contribution in [0.4, 0.5) is 5.82 Å². The molecule has 4 aromatic rings. The number of fused-ring (bicyclic) bond motifs is 1. The number of nitrogens with zero attached hydrogens (tertiary/aromatic N) is 5. The van der Waals surface area contributed by atoms with Gasteiger partial charge < -0.3 is 9.73 Å². The zero-order chi connectivity index (χ0) is 23.4. The number of hydrogen-bond acceptors (Lipinski definition) is 5. The fraction of sp³-hybridized carbons (Fsp3) is 0.417. The van der Waals surface area contributed by atoms with E-state index in [-0.39, 0.29) is 16.9 Å². The van der Waals surface area contributed by atoms with Gasteiger partial charge in [0.15, 0.2) is 11.4 Å². The quantitative estimate of drug-likeness (QED) is 0.488. The number of aromatic nitrogens is 5. The summed E-state index contributed by atoms with van der Waals surface area (Å²) in [5.41, 5.74) is 2.90. The topological polar surface area (TPSA) is 90.8 Å². The smallest absolute Gasteiger partial charge is 0.257 e. The fourth-order valence-corrected chi connectivity index (χ4v) is 3.71. The van der Waals surface area contributed by atoms with Crippen molar-refractivity contribution in [1.82, 2.24) is 24.5 Å². The van der Waals surface area contributed by atoms with Crippen LogP contribution in [0.1, 0.15) is 63.3 Å². The lowest BCUT2D eigenvalue weighted by Crippen LogP contribution is -2.27. The maximum Gasteiger partial charge on any atom is 0.257 e. The number of amides is 1. The standard InChI is InChI=1S/C24H30N6O2/c1-14-20-15(12-16(17-10-9-11-32-17)25-21(20)29(8)27-14)22(31)26-19-13-18(23(2,3)4)28-30(19)24(5,6)7/h9-13H,1-8H3,(H,26,31). The van der Waals surface area contributed by atoms with Crippen molar-refractivity contribution in [2.75, 3.05) is 5.32 Å². The van der Waals surface area contributed by atoms with Gasteiger partial charge in [0, 0.05) is 18.5 Å². The Morgan fingerprint density at radius 1 is 1.09 bits per heavy atom. The molecule has 0 bridgehead atoms. The van der Waals surface area contributed by atoms with Gasteiger partial charge in [0.05, 0.1) is 34.1 Å². The van der Waals surface area contributed by atoms with E-state index in [1.54, 1.807) is 23.1 Å². The van der Waals surface area contributed by atoms with Crippen molar-refractivity contribution in [2.45, 2.75) is 59.4 Å². The van der Waals surface area contributed by atoms with E-state index in [9.17, 15) is 4.79 Å². The summed E-state index contributed by atoms with van der Waals surface area (Å²) in [6, 6.07) is 7.33. The molecular weight excluding hydrogens is 404 g/mol. The summed E-state index contributed by atoms with van der Waals surface area (Å²) in [5, 5.41) is 13.1. The number of carbonyl (C=O) groups excluding carboxylic acids is 1. The highest BCUT2D eigenvalue weighted by molar-refractivity contribution is 6.13. The van der Waals surface area contributed by atoms with E-state index in [2.05, 4.69) is 52.0 Å². The van der Waals surface area contributed by atoms with Crippen LogP contribution in [0.15, 0.2) is 34.9 Å². The van der Waals surface area contributed by atoms with Crippen molar-refractivity contribution in [1.29, 1.82) is 0 Å². The summed E-state index contributed by atoms with van der Waals surface area (Å²) in [4.78, 5) is 18.3. The molecule has 0 aliphatic heterocycles. The van der Waals surface area contributed by atoms with Crippen molar-refractivity contribution in [3.05, 3.63) is 47.5 Å². The predicted molar refractivity (Wildman–Crippen MR) is 125 cm³/mol. The minimum absolute atomic E-state index is 0.147. The number of hydrogen-bond donors (Lipinski definition) is 1. The third kappa shape index (κ3) is 3.81. The second-order valence-electron chi connectivity index (χ2n) is 10.1. The fourth-order valence-electron chi connectivity index (χ4n) is 3.71. The van der Waals surface area contributed by atoms with E-state index in [1.807, 2.05) is 30.8 Å². The van der Waals surface area contributed by atoms with E-state index in [1.165, 1.54) is 0 Å². The maximum atomic E-state index is 13.6. The lowest BCUT2D eigenvalue weighted by atomic mass is 9.92. The van der Waals surface area contributed by atoms with Crippen molar-refractivity contribution >= 4 is 22.8 Å². The minimum Gasteiger partial charge on any atom is -0.463 e. The number of rotatable bonds is 3. The summed E-state index contributed by atoms with van der Waals surface area (Å²) in [6.07, 6.45) is 1.59. The second-order valence-corrected chi connectivity index (χ2v) is 10.1. The monoisotopic (exact) mass is 434 g/mol. The maximum absolute atomic E-state index is 13.6. The van der Waals surface area contributed by atoms with Crippen LogP contribution < -0.4 is 5.32 Å². The van der Waals surface area contributed by atoms with Crippen molar-refractivity contribution in [3.8, 4) is 11.5 Å². The SMILES string of the molecule is Cc1nn(C)c2nc(-c3ccco3)cc(C(=O)Nc3cc(C(C)(C)C)nn3C(C)(C)C)c12.